The lowest BCUT2D eigenvalue weighted by atomic mass is 10.1. The van der Waals surface area contributed by atoms with E-state index in [1.807, 2.05) is 54.6 Å². The minimum Gasteiger partial charge on any atom is -0.464 e. The van der Waals surface area contributed by atoms with Crippen LogP contribution in [0.2, 0.25) is 0 Å². The van der Waals surface area contributed by atoms with E-state index in [9.17, 15) is 9.59 Å². The lowest BCUT2D eigenvalue weighted by Gasteiger charge is -2.30. The molecule has 0 aliphatic heterocycles. The second-order valence-electron chi connectivity index (χ2n) is 7.88. The molecule has 4 rings (SSSR count). The maximum absolute atomic E-state index is 13.7. The third-order valence-electron chi connectivity index (χ3n) is 5.42. The van der Waals surface area contributed by atoms with Crippen molar-refractivity contribution < 1.29 is 18.7 Å². The van der Waals surface area contributed by atoms with Gasteiger partial charge in [0, 0.05) is 20.2 Å². The Labute approximate surface area is 197 Å². The summed E-state index contributed by atoms with van der Waals surface area (Å²) in [6.07, 6.45) is 0. The van der Waals surface area contributed by atoms with Crippen molar-refractivity contribution in [2.75, 3.05) is 20.3 Å². The molecule has 176 valence electrons. The molecule has 0 radical (unpaired) electrons. The van der Waals surface area contributed by atoms with Gasteiger partial charge in [-0.3, -0.25) is 9.59 Å². The number of aromatic nitrogens is 3. The summed E-state index contributed by atoms with van der Waals surface area (Å²) in [5.74, 6) is 0.402. The first kappa shape index (κ1) is 23.2. The number of furan rings is 1. The number of hydrogen-bond acceptors (Lipinski definition) is 6. The first-order valence-electron chi connectivity index (χ1n) is 11.0. The zero-order chi connectivity index (χ0) is 23.9. The van der Waals surface area contributed by atoms with E-state index in [0.717, 1.165) is 11.1 Å². The zero-order valence-electron chi connectivity index (χ0n) is 19.2. The summed E-state index contributed by atoms with van der Waals surface area (Å²) in [4.78, 5) is 28.5. The first-order chi connectivity index (χ1) is 16.6. The third kappa shape index (κ3) is 5.32. The molecule has 2 heterocycles. The molecule has 0 fully saturated rings. The maximum atomic E-state index is 13.7. The van der Waals surface area contributed by atoms with Gasteiger partial charge in [0.15, 0.2) is 6.04 Å². The van der Waals surface area contributed by atoms with Crippen molar-refractivity contribution in [3.63, 3.8) is 0 Å². The summed E-state index contributed by atoms with van der Waals surface area (Å²) in [5.41, 5.74) is 2.32. The van der Waals surface area contributed by atoms with Gasteiger partial charge in [-0.05, 0) is 36.8 Å². The highest BCUT2D eigenvalue weighted by Gasteiger charge is 2.34. The summed E-state index contributed by atoms with van der Waals surface area (Å²) in [6, 6.07) is 19.5. The summed E-state index contributed by atoms with van der Waals surface area (Å²) in [6.45, 7) is 2.61. The predicted octanol–water partition coefficient (Wildman–Crippen LogP) is 2.87. The van der Waals surface area contributed by atoms with Gasteiger partial charge in [-0.2, -0.15) is 0 Å². The summed E-state index contributed by atoms with van der Waals surface area (Å²) in [7, 11) is 1.56. The van der Waals surface area contributed by atoms with Crippen molar-refractivity contribution in [3.05, 3.63) is 83.8 Å². The molecule has 0 aliphatic rings. The van der Waals surface area contributed by atoms with Crippen LogP contribution in [0.15, 0.2) is 71.1 Å². The molecule has 9 heteroatoms. The number of methoxy groups -OCH3 is 1. The molecular formula is C25H27N5O4. The maximum Gasteiger partial charge on any atom is 0.250 e. The van der Waals surface area contributed by atoms with E-state index in [4.69, 9.17) is 9.15 Å². The molecule has 4 aromatic rings. The molecule has 0 spiro atoms. The van der Waals surface area contributed by atoms with Gasteiger partial charge in [0.05, 0.1) is 12.1 Å². The van der Waals surface area contributed by atoms with E-state index >= 15 is 0 Å². The van der Waals surface area contributed by atoms with Crippen LogP contribution >= 0.6 is 0 Å². The van der Waals surface area contributed by atoms with Crippen LogP contribution in [0.5, 0.6) is 0 Å². The number of fused-ring (bicyclic) bond motifs is 1. The Morgan fingerprint density at radius 3 is 2.59 bits per heavy atom. The van der Waals surface area contributed by atoms with Crippen LogP contribution in [0.3, 0.4) is 0 Å². The van der Waals surface area contributed by atoms with Crippen molar-refractivity contribution in [2.24, 2.45) is 0 Å². The second kappa shape index (κ2) is 10.8. The second-order valence-corrected chi connectivity index (χ2v) is 7.88. The number of carbonyl (C=O) groups excluding carboxylic acids is 2. The fourth-order valence-electron chi connectivity index (χ4n) is 3.75. The molecule has 34 heavy (non-hydrogen) atoms. The van der Waals surface area contributed by atoms with Crippen molar-refractivity contribution in [1.82, 2.24) is 25.2 Å². The quantitative estimate of drug-likeness (QED) is 0.364. The minimum absolute atomic E-state index is 0.0745. The Morgan fingerprint density at radius 1 is 1.09 bits per heavy atom. The number of rotatable bonds is 10. The van der Waals surface area contributed by atoms with Gasteiger partial charge in [0.1, 0.15) is 23.6 Å². The van der Waals surface area contributed by atoms with Gasteiger partial charge in [-0.15, -0.1) is 5.10 Å². The highest BCUT2D eigenvalue weighted by atomic mass is 16.5. The Bertz CT molecular complexity index is 1250. The highest BCUT2D eigenvalue weighted by Crippen LogP contribution is 2.26. The lowest BCUT2D eigenvalue weighted by molar-refractivity contribution is -0.143. The minimum atomic E-state index is -0.965. The third-order valence-corrected chi connectivity index (χ3v) is 5.42. The lowest BCUT2D eigenvalue weighted by Crippen LogP contribution is -2.45. The fourth-order valence-corrected chi connectivity index (χ4v) is 3.75. The number of nitrogens with zero attached hydrogens (tertiary/aromatic N) is 4. The Hall–Kier alpha value is -3.98. The topological polar surface area (TPSA) is 102 Å². The molecule has 2 amide bonds. The molecule has 0 unspecified atom stereocenters. The van der Waals surface area contributed by atoms with E-state index in [1.54, 1.807) is 30.8 Å². The molecule has 0 saturated heterocycles. The number of nitrogens with one attached hydrogen (secondary N) is 1. The molecule has 2 aromatic heterocycles. The molecule has 2 aromatic carbocycles. The standard InChI is InChI=1S/C25H27N5O4/c1-18-12-13-22(34-18)24(25(32)26-14-15-33-2)29(16-19-8-4-3-5-9-19)23(31)17-30-21-11-7-6-10-20(21)27-28-30/h3-13,24H,14-17H2,1-2H3,(H,26,32)/t24-/m1/s1. The molecule has 0 saturated carbocycles. The van der Waals surface area contributed by atoms with Gasteiger partial charge < -0.3 is 19.4 Å². The number of aryl methyl sites for hydroxylation is 1. The molecule has 1 atom stereocenters. The predicted molar refractivity (Wildman–Crippen MR) is 126 cm³/mol. The summed E-state index contributed by atoms with van der Waals surface area (Å²) in [5, 5.41) is 11.1. The monoisotopic (exact) mass is 461 g/mol. The van der Waals surface area contributed by atoms with Crippen molar-refractivity contribution in [2.45, 2.75) is 26.1 Å². The zero-order valence-corrected chi connectivity index (χ0v) is 19.2. The van der Waals surface area contributed by atoms with Crippen LogP contribution in [0.1, 0.15) is 23.1 Å². The van der Waals surface area contributed by atoms with Crippen LogP contribution in [-0.2, 0) is 27.4 Å². The molecular weight excluding hydrogens is 434 g/mol. The smallest absolute Gasteiger partial charge is 0.250 e. The highest BCUT2D eigenvalue weighted by molar-refractivity contribution is 5.88. The number of amides is 2. The summed E-state index contributed by atoms with van der Waals surface area (Å²) >= 11 is 0. The average Bonchev–Trinajstić information content (AvgIpc) is 3.46. The Balaban J connectivity index is 1.69. The average molecular weight is 462 g/mol. The number of hydrogen-bond donors (Lipinski definition) is 1. The van der Waals surface area contributed by atoms with Gasteiger partial charge in [0.25, 0.3) is 5.91 Å². The van der Waals surface area contributed by atoms with Crippen molar-refractivity contribution in [1.29, 1.82) is 0 Å². The largest absolute Gasteiger partial charge is 0.464 e. The molecule has 0 aliphatic carbocycles. The van der Waals surface area contributed by atoms with E-state index in [-0.39, 0.29) is 24.9 Å². The van der Waals surface area contributed by atoms with Gasteiger partial charge in [-0.25, -0.2) is 4.68 Å². The number of benzene rings is 2. The van der Waals surface area contributed by atoms with Gasteiger partial charge in [0.2, 0.25) is 5.91 Å². The van der Waals surface area contributed by atoms with Crippen LogP contribution in [0, 0.1) is 6.92 Å². The van der Waals surface area contributed by atoms with Gasteiger partial charge >= 0.3 is 0 Å². The van der Waals surface area contributed by atoms with E-state index in [1.165, 1.54) is 4.90 Å². The molecule has 9 nitrogen and oxygen atoms in total. The number of para-hydroxylation sites is 1. The summed E-state index contributed by atoms with van der Waals surface area (Å²) < 4.78 is 12.4. The van der Waals surface area contributed by atoms with E-state index in [0.29, 0.717) is 30.2 Å². The van der Waals surface area contributed by atoms with Crippen LogP contribution in [0.25, 0.3) is 11.0 Å². The van der Waals surface area contributed by atoms with Crippen molar-refractivity contribution >= 4 is 22.8 Å². The normalized spacial score (nSPS) is 11.9. The first-order valence-corrected chi connectivity index (χ1v) is 11.0. The van der Waals surface area contributed by atoms with E-state index in [2.05, 4.69) is 15.6 Å². The fraction of sp³-hybridized carbons (Fsp3) is 0.280. The molecule has 0 bridgehead atoms. The van der Waals surface area contributed by atoms with E-state index < -0.39 is 6.04 Å². The Kier molecular flexibility index (Phi) is 7.34. The van der Waals surface area contributed by atoms with Crippen LogP contribution in [-0.4, -0.2) is 52.0 Å². The van der Waals surface area contributed by atoms with Gasteiger partial charge in [-0.1, -0.05) is 47.7 Å². The van der Waals surface area contributed by atoms with Crippen LogP contribution in [0.4, 0.5) is 0 Å². The number of carbonyl (C=O) groups is 2. The number of ether oxygens (including phenoxy) is 1. The van der Waals surface area contributed by atoms with Crippen LogP contribution < -0.4 is 5.32 Å². The molecule has 1 N–H and O–H groups in total. The Morgan fingerprint density at radius 2 is 1.85 bits per heavy atom. The SMILES string of the molecule is COCCNC(=O)[C@@H](c1ccc(C)o1)N(Cc1ccccc1)C(=O)Cn1nnc2ccccc21. The van der Waals surface area contributed by atoms with Crippen molar-refractivity contribution in [3.8, 4) is 0 Å².